The largest absolute Gasteiger partial charge is 0.497 e. The fourth-order valence-electron chi connectivity index (χ4n) is 3.88. The number of methoxy groups -OCH3 is 1. The van der Waals surface area contributed by atoms with E-state index >= 15 is 0 Å². The Balaban J connectivity index is 2.18. The second kappa shape index (κ2) is 6.37. The van der Waals surface area contributed by atoms with Crippen LogP contribution in [-0.4, -0.2) is 24.4 Å². The van der Waals surface area contributed by atoms with Gasteiger partial charge in [-0.3, -0.25) is 0 Å². The summed E-state index contributed by atoms with van der Waals surface area (Å²) in [6.45, 7) is 4.79. The SMILES string of the molecule is COc1ccc(CC(C)(O)C2(CN)CCCC(C)C2)cc1. The monoisotopic (exact) mass is 291 g/mol. The van der Waals surface area contributed by atoms with Gasteiger partial charge < -0.3 is 15.6 Å². The summed E-state index contributed by atoms with van der Waals surface area (Å²) in [5.74, 6) is 1.49. The van der Waals surface area contributed by atoms with E-state index in [4.69, 9.17) is 10.5 Å². The average Bonchev–Trinajstić information content (AvgIpc) is 2.47. The number of ether oxygens (including phenoxy) is 1. The minimum atomic E-state index is -0.773. The van der Waals surface area contributed by atoms with Crippen LogP contribution in [0.3, 0.4) is 0 Å². The predicted octanol–water partition coefficient (Wildman–Crippen LogP) is 3.14. The Kier molecular flexibility index (Phi) is 4.95. The molecular weight excluding hydrogens is 262 g/mol. The highest BCUT2D eigenvalue weighted by Gasteiger charge is 2.47. The van der Waals surface area contributed by atoms with Crippen molar-refractivity contribution in [1.82, 2.24) is 0 Å². The number of rotatable bonds is 5. The third kappa shape index (κ3) is 3.41. The third-order valence-corrected chi connectivity index (χ3v) is 5.33. The van der Waals surface area contributed by atoms with Gasteiger partial charge in [-0.1, -0.05) is 31.9 Å². The summed E-state index contributed by atoms with van der Waals surface area (Å²) < 4.78 is 5.19. The second-order valence-electron chi connectivity index (χ2n) is 6.98. The van der Waals surface area contributed by atoms with Gasteiger partial charge in [-0.15, -0.1) is 0 Å². The number of aliphatic hydroxyl groups is 1. The summed E-state index contributed by atoms with van der Waals surface area (Å²) in [6, 6.07) is 7.96. The standard InChI is InChI=1S/C18H29NO2/c1-14-5-4-10-18(11-14,13-19)17(2,20)12-15-6-8-16(21-3)9-7-15/h6-9,14,20H,4-5,10-13,19H2,1-3H3. The first-order chi connectivity index (χ1) is 9.92. The maximum Gasteiger partial charge on any atom is 0.118 e. The van der Waals surface area contributed by atoms with Crippen molar-refractivity contribution in [1.29, 1.82) is 0 Å². The van der Waals surface area contributed by atoms with Gasteiger partial charge in [0.15, 0.2) is 0 Å². The molecule has 3 nitrogen and oxygen atoms in total. The Labute approximate surface area is 128 Å². The minimum Gasteiger partial charge on any atom is -0.497 e. The van der Waals surface area contributed by atoms with E-state index in [2.05, 4.69) is 6.92 Å². The topological polar surface area (TPSA) is 55.5 Å². The zero-order valence-corrected chi connectivity index (χ0v) is 13.6. The van der Waals surface area contributed by atoms with E-state index < -0.39 is 5.60 Å². The summed E-state index contributed by atoms with van der Waals surface area (Å²) in [6.07, 6.45) is 5.10. The van der Waals surface area contributed by atoms with E-state index in [1.165, 1.54) is 6.42 Å². The van der Waals surface area contributed by atoms with Gasteiger partial charge in [-0.05, 0) is 43.4 Å². The number of hydrogen-bond donors (Lipinski definition) is 2. The van der Waals surface area contributed by atoms with Gasteiger partial charge in [-0.25, -0.2) is 0 Å². The molecule has 118 valence electrons. The Morgan fingerprint density at radius 1 is 1.38 bits per heavy atom. The first-order valence-electron chi connectivity index (χ1n) is 7.98. The minimum absolute atomic E-state index is 0.162. The van der Waals surface area contributed by atoms with Crippen LogP contribution in [0.25, 0.3) is 0 Å². The summed E-state index contributed by atoms with van der Waals surface area (Å²) in [7, 11) is 1.66. The van der Waals surface area contributed by atoms with Crippen molar-refractivity contribution >= 4 is 0 Å². The number of nitrogens with two attached hydrogens (primary N) is 1. The number of hydrogen-bond acceptors (Lipinski definition) is 3. The third-order valence-electron chi connectivity index (χ3n) is 5.33. The molecule has 3 unspecified atom stereocenters. The number of benzene rings is 1. The van der Waals surface area contributed by atoms with Gasteiger partial charge in [0.05, 0.1) is 12.7 Å². The lowest BCUT2D eigenvalue weighted by atomic mass is 9.60. The average molecular weight is 291 g/mol. The first kappa shape index (κ1) is 16.3. The second-order valence-corrected chi connectivity index (χ2v) is 6.98. The van der Waals surface area contributed by atoms with Crippen LogP contribution in [-0.2, 0) is 6.42 Å². The van der Waals surface area contributed by atoms with Gasteiger partial charge in [0.2, 0.25) is 0 Å². The van der Waals surface area contributed by atoms with Gasteiger partial charge in [0.1, 0.15) is 5.75 Å². The highest BCUT2D eigenvalue weighted by atomic mass is 16.5. The van der Waals surface area contributed by atoms with Gasteiger partial charge >= 0.3 is 0 Å². The summed E-state index contributed by atoms with van der Waals surface area (Å²) in [4.78, 5) is 0. The molecule has 2 rings (SSSR count). The summed E-state index contributed by atoms with van der Waals surface area (Å²) >= 11 is 0. The molecular formula is C18H29NO2. The van der Waals surface area contributed by atoms with Gasteiger partial charge in [-0.2, -0.15) is 0 Å². The molecule has 1 saturated carbocycles. The predicted molar refractivity (Wildman–Crippen MR) is 86.4 cm³/mol. The molecule has 1 aromatic rings. The van der Waals surface area contributed by atoms with E-state index in [0.717, 1.165) is 30.6 Å². The van der Waals surface area contributed by atoms with Crippen LogP contribution in [0.5, 0.6) is 5.75 Å². The molecule has 21 heavy (non-hydrogen) atoms. The molecule has 0 radical (unpaired) electrons. The van der Waals surface area contributed by atoms with Crippen molar-refractivity contribution in [3.63, 3.8) is 0 Å². The molecule has 0 saturated heterocycles. The first-order valence-corrected chi connectivity index (χ1v) is 7.98. The van der Waals surface area contributed by atoms with E-state index in [9.17, 15) is 5.11 Å². The van der Waals surface area contributed by atoms with Crippen LogP contribution in [0.4, 0.5) is 0 Å². The molecule has 0 aliphatic heterocycles. The zero-order valence-electron chi connectivity index (χ0n) is 13.6. The lowest BCUT2D eigenvalue weighted by Crippen LogP contribution is -2.54. The Morgan fingerprint density at radius 3 is 2.57 bits per heavy atom. The van der Waals surface area contributed by atoms with Crippen molar-refractivity contribution in [2.24, 2.45) is 17.1 Å². The molecule has 0 bridgehead atoms. The lowest BCUT2D eigenvalue weighted by molar-refractivity contribution is -0.0936. The molecule has 0 spiro atoms. The van der Waals surface area contributed by atoms with Crippen LogP contribution in [0.15, 0.2) is 24.3 Å². The van der Waals surface area contributed by atoms with Crippen molar-refractivity contribution < 1.29 is 9.84 Å². The van der Waals surface area contributed by atoms with E-state index in [0.29, 0.717) is 18.9 Å². The molecule has 1 fully saturated rings. The fraction of sp³-hybridized carbons (Fsp3) is 0.667. The zero-order chi connectivity index (χ0) is 15.5. The van der Waals surface area contributed by atoms with Gasteiger partial charge in [0.25, 0.3) is 0 Å². The van der Waals surface area contributed by atoms with Crippen molar-refractivity contribution in [2.45, 2.75) is 51.6 Å². The Hall–Kier alpha value is -1.06. The van der Waals surface area contributed by atoms with Crippen LogP contribution < -0.4 is 10.5 Å². The highest BCUT2D eigenvalue weighted by Crippen LogP contribution is 2.47. The molecule has 3 N–H and O–H groups in total. The van der Waals surface area contributed by atoms with E-state index in [1.54, 1.807) is 7.11 Å². The van der Waals surface area contributed by atoms with E-state index in [1.807, 2.05) is 31.2 Å². The molecule has 3 heteroatoms. The summed E-state index contributed by atoms with van der Waals surface area (Å²) in [5.41, 5.74) is 6.30. The van der Waals surface area contributed by atoms with Crippen LogP contribution in [0, 0.1) is 11.3 Å². The molecule has 0 aromatic heterocycles. The van der Waals surface area contributed by atoms with E-state index in [-0.39, 0.29) is 5.41 Å². The van der Waals surface area contributed by atoms with Crippen molar-refractivity contribution in [3.05, 3.63) is 29.8 Å². The fourth-order valence-corrected chi connectivity index (χ4v) is 3.88. The lowest BCUT2D eigenvalue weighted by Gasteiger charge is -2.49. The van der Waals surface area contributed by atoms with Crippen LogP contribution >= 0.6 is 0 Å². The molecule has 3 atom stereocenters. The van der Waals surface area contributed by atoms with Crippen LogP contribution in [0.2, 0.25) is 0 Å². The maximum atomic E-state index is 11.2. The van der Waals surface area contributed by atoms with Gasteiger partial charge in [0, 0.05) is 18.4 Å². The maximum absolute atomic E-state index is 11.2. The molecule has 0 amide bonds. The normalized spacial score (nSPS) is 28.9. The smallest absolute Gasteiger partial charge is 0.118 e. The van der Waals surface area contributed by atoms with Crippen molar-refractivity contribution in [2.75, 3.05) is 13.7 Å². The Morgan fingerprint density at radius 2 is 2.05 bits per heavy atom. The molecule has 1 aliphatic rings. The molecule has 1 aromatic carbocycles. The summed E-state index contributed by atoms with van der Waals surface area (Å²) in [5, 5.41) is 11.2. The molecule has 0 heterocycles. The Bertz CT molecular complexity index is 455. The van der Waals surface area contributed by atoms with Crippen molar-refractivity contribution in [3.8, 4) is 5.75 Å². The molecule has 1 aliphatic carbocycles. The highest BCUT2D eigenvalue weighted by molar-refractivity contribution is 5.28. The quantitative estimate of drug-likeness (QED) is 0.876. The van der Waals surface area contributed by atoms with Crippen LogP contribution in [0.1, 0.15) is 45.1 Å².